The second kappa shape index (κ2) is 5.52. The quantitative estimate of drug-likeness (QED) is 0.867. The molecule has 21 heavy (non-hydrogen) atoms. The van der Waals surface area contributed by atoms with Crippen LogP contribution in [0.3, 0.4) is 0 Å². The molecule has 1 aromatic heterocycles. The minimum atomic E-state index is -0.173. The maximum absolute atomic E-state index is 11.4. The molecule has 106 valence electrons. The van der Waals surface area contributed by atoms with Gasteiger partial charge >= 0.3 is 0 Å². The Morgan fingerprint density at radius 1 is 1.48 bits per heavy atom. The Kier molecular flexibility index (Phi) is 3.57. The lowest BCUT2D eigenvalue weighted by molar-refractivity contribution is 0.700. The number of hydrogen-bond acceptors (Lipinski definition) is 2. The van der Waals surface area contributed by atoms with E-state index >= 15 is 0 Å². The van der Waals surface area contributed by atoms with E-state index < -0.39 is 0 Å². The summed E-state index contributed by atoms with van der Waals surface area (Å²) >= 11 is 0. The van der Waals surface area contributed by atoms with Crippen LogP contribution in [-0.2, 0) is 0 Å². The smallest absolute Gasteiger partial charge is 0.266 e. The molecule has 0 radical (unpaired) electrons. The zero-order valence-corrected chi connectivity index (χ0v) is 12.1. The summed E-state index contributed by atoms with van der Waals surface area (Å²) < 4.78 is 0. The summed E-state index contributed by atoms with van der Waals surface area (Å²) in [6.07, 6.45) is 9.63. The molecule has 1 aliphatic carbocycles. The Balaban J connectivity index is 2.13. The van der Waals surface area contributed by atoms with Gasteiger partial charge < -0.3 is 4.98 Å². The summed E-state index contributed by atoms with van der Waals surface area (Å²) in [5.41, 5.74) is 5.15. The minimum Gasteiger partial charge on any atom is -0.319 e. The molecule has 1 aromatic carbocycles. The number of rotatable bonds is 3. The first-order chi connectivity index (χ1) is 10.2. The van der Waals surface area contributed by atoms with Crippen LogP contribution in [0.4, 0.5) is 0 Å². The van der Waals surface area contributed by atoms with Gasteiger partial charge in [-0.3, -0.25) is 4.79 Å². The number of allylic oxidation sites excluding steroid dienone is 5. The van der Waals surface area contributed by atoms with E-state index in [0.29, 0.717) is 5.92 Å². The zero-order valence-electron chi connectivity index (χ0n) is 12.1. The van der Waals surface area contributed by atoms with E-state index in [9.17, 15) is 4.79 Å². The Morgan fingerprint density at radius 2 is 2.33 bits per heavy atom. The van der Waals surface area contributed by atoms with Gasteiger partial charge in [0.15, 0.2) is 0 Å². The van der Waals surface area contributed by atoms with Crippen molar-refractivity contribution in [3.05, 3.63) is 70.7 Å². The fourth-order valence-electron chi connectivity index (χ4n) is 2.82. The fourth-order valence-corrected chi connectivity index (χ4v) is 2.82. The molecule has 1 atom stereocenters. The molecular weight excluding hydrogens is 260 g/mol. The maximum Gasteiger partial charge on any atom is 0.266 e. The van der Waals surface area contributed by atoms with Crippen molar-refractivity contribution < 1.29 is 0 Å². The normalized spacial score (nSPS) is 18.2. The molecule has 3 heteroatoms. The van der Waals surface area contributed by atoms with E-state index in [4.69, 9.17) is 0 Å². The number of H-pyrrole nitrogens is 1. The SMILES string of the molecule is C=CCC1=C(c2ccc3ncc(=O)[nH]c3c2)C=CC(C)C1. The van der Waals surface area contributed by atoms with E-state index in [-0.39, 0.29) is 5.56 Å². The van der Waals surface area contributed by atoms with Gasteiger partial charge in [0.25, 0.3) is 5.56 Å². The summed E-state index contributed by atoms with van der Waals surface area (Å²) in [7, 11) is 0. The van der Waals surface area contributed by atoms with E-state index in [0.717, 1.165) is 29.4 Å². The molecule has 1 aliphatic rings. The van der Waals surface area contributed by atoms with Crippen molar-refractivity contribution in [1.29, 1.82) is 0 Å². The highest BCUT2D eigenvalue weighted by molar-refractivity contribution is 5.84. The largest absolute Gasteiger partial charge is 0.319 e. The van der Waals surface area contributed by atoms with Gasteiger partial charge in [0, 0.05) is 0 Å². The highest BCUT2D eigenvalue weighted by Gasteiger charge is 2.14. The summed E-state index contributed by atoms with van der Waals surface area (Å²) in [5, 5.41) is 0. The summed E-state index contributed by atoms with van der Waals surface area (Å²) in [6.45, 7) is 6.07. The number of nitrogens with zero attached hydrogens (tertiary/aromatic N) is 1. The van der Waals surface area contributed by atoms with Crippen LogP contribution in [0.2, 0.25) is 0 Å². The van der Waals surface area contributed by atoms with Crippen LogP contribution in [0.5, 0.6) is 0 Å². The highest BCUT2D eigenvalue weighted by atomic mass is 16.1. The molecule has 0 fully saturated rings. The number of benzene rings is 1. The predicted octanol–water partition coefficient (Wildman–Crippen LogP) is 3.85. The molecule has 1 unspecified atom stereocenters. The molecule has 3 nitrogen and oxygen atoms in total. The topological polar surface area (TPSA) is 45.8 Å². The minimum absolute atomic E-state index is 0.173. The van der Waals surface area contributed by atoms with Crippen molar-refractivity contribution in [3.8, 4) is 0 Å². The van der Waals surface area contributed by atoms with Crippen LogP contribution in [0.15, 0.2) is 59.6 Å². The highest BCUT2D eigenvalue weighted by Crippen LogP contribution is 2.33. The van der Waals surface area contributed by atoms with Crippen LogP contribution in [0.25, 0.3) is 16.6 Å². The zero-order chi connectivity index (χ0) is 14.8. The van der Waals surface area contributed by atoms with Gasteiger partial charge in [-0.05, 0) is 42.0 Å². The average Bonchev–Trinajstić information content (AvgIpc) is 2.47. The van der Waals surface area contributed by atoms with E-state index in [1.807, 2.05) is 18.2 Å². The van der Waals surface area contributed by atoms with Crippen LogP contribution in [-0.4, -0.2) is 9.97 Å². The maximum atomic E-state index is 11.4. The standard InChI is InChI=1S/C18H18N2O/c1-3-4-13-9-12(2)5-7-15(13)14-6-8-16-17(10-14)20-18(21)11-19-16/h3,5-8,10-12H,1,4,9H2,2H3,(H,20,21). The van der Waals surface area contributed by atoms with Gasteiger partial charge in [-0.15, -0.1) is 6.58 Å². The van der Waals surface area contributed by atoms with Crippen molar-refractivity contribution in [2.24, 2.45) is 5.92 Å². The van der Waals surface area contributed by atoms with E-state index in [2.05, 4.69) is 41.7 Å². The molecular formula is C18H18N2O. The monoisotopic (exact) mass is 278 g/mol. The number of aromatic amines is 1. The lowest BCUT2D eigenvalue weighted by Gasteiger charge is -2.19. The third-order valence-electron chi connectivity index (χ3n) is 3.82. The molecule has 1 N–H and O–H groups in total. The molecule has 2 aromatic rings. The van der Waals surface area contributed by atoms with Crippen molar-refractivity contribution >= 4 is 16.6 Å². The van der Waals surface area contributed by atoms with Crippen LogP contribution in [0.1, 0.15) is 25.3 Å². The number of fused-ring (bicyclic) bond motifs is 1. The Labute approximate surface area is 123 Å². The van der Waals surface area contributed by atoms with E-state index in [1.54, 1.807) is 0 Å². The van der Waals surface area contributed by atoms with Gasteiger partial charge in [-0.1, -0.05) is 36.8 Å². The summed E-state index contributed by atoms with van der Waals surface area (Å²) in [6, 6.07) is 6.01. The second-order valence-electron chi connectivity index (χ2n) is 5.53. The molecule has 1 heterocycles. The molecule has 3 rings (SSSR count). The van der Waals surface area contributed by atoms with Gasteiger partial charge in [-0.25, -0.2) is 4.98 Å². The lowest BCUT2D eigenvalue weighted by Crippen LogP contribution is -2.05. The fraction of sp³-hybridized carbons (Fsp3) is 0.222. The van der Waals surface area contributed by atoms with Crippen molar-refractivity contribution in [2.45, 2.75) is 19.8 Å². The molecule has 0 saturated carbocycles. The van der Waals surface area contributed by atoms with Gasteiger partial charge in [0.1, 0.15) is 0 Å². The second-order valence-corrected chi connectivity index (χ2v) is 5.53. The number of aromatic nitrogens is 2. The summed E-state index contributed by atoms with van der Waals surface area (Å²) in [4.78, 5) is 18.4. The van der Waals surface area contributed by atoms with Gasteiger partial charge in [-0.2, -0.15) is 0 Å². The van der Waals surface area contributed by atoms with Crippen LogP contribution >= 0.6 is 0 Å². The molecule has 0 bridgehead atoms. The molecule has 0 spiro atoms. The first kappa shape index (κ1) is 13.6. The van der Waals surface area contributed by atoms with Crippen LogP contribution in [0, 0.1) is 5.92 Å². The Hall–Kier alpha value is -2.42. The van der Waals surface area contributed by atoms with Crippen molar-refractivity contribution in [3.63, 3.8) is 0 Å². The third kappa shape index (κ3) is 2.72. The molecule has 0 saturated heterocycles. The Morgan fingerprint density at radius 3 is 3.14 bits per heavy atom. The van der Waals surface area contributed by atoms with Crippen LogP contribution < -0.4 is 5.56 Å². The number of hydrogen-bond donors (Lipinski definition) is 1. The lowest BCUT2D eigenvalue weighted by atomic mass is 9.86. The Bertz CT molecular complexity index is 811. The van der Waals surface area contributed by atoms with Gasteiger partial charge in [0.2, 0.25) is 0 Å². The number of nitrogens with one attached hydrogen (secondary N) is 1. The van der Waals surface area contributed by atoms with Gasteiger partial charge in [0.05, 0.1) is 17.2 Å². The first-order valence-electron chi connectivity index (χ1n) is 7.18. The van der Waals surface area contributed by atoms with E-state index in [1.165, 1.54) is 17.3 Å². The average molecular weight is 278 g/mol. The molecule has 0 amide bonds. The van der Waals surface area contributed by atoms with Crippen molar-refractivity contribution in [1.82, 2.24) is 9.97 Å². The third-order valence-corrected chi connectivity index (χ3v) is 3.82. The first-order valence-corrected chi connectivity index (χ1v) is 7.18. The molecule has 0 aliphatic heterocycles. The predicted molar refractivity (Wildman–Crippen MR) is 87.0 cm³/mol. The summed E-state index contributed by atoms with van der Waals surface area (Å²) in [5.74, 6) is 0.561. The van der Waals surface area contributed by atoms with Crippen molar-refractivity contribution in [2.75, 3.05) is 0 Å².